The summed E-state index contributed by atoms with van der Waals surface area (Å²) in [5, 5.41) is 0. The molecule has 0 aliphatic heterocycles. The van der Waals surface area contributed by atoms with E-state index in [0.717, 1.165) is 33.2 Å². The molecule has 0 saturated heterocycles. The van der Waals surface area contributed by atoms with Crippen molar-refractivity contribution in [2.24, 2.45) is 0 Å². The monoisotopic (exact) mass is 305 g/mol. The molecule has 0 saturated carbocycles. The lowest BCUT2D eigenvalue weighted by atomic mass is 10.3. The zero-order valence-electron chi connectivity index (χ0n) is 7.87. The Morgan fingerprint density at radius 3 is 3.00 bits per heavy atom. The van der Waals surface area contributed by atoms with E-state index in [0.29, 0.717) is 5.88 Å². The number of nitrogens with zero attached hydrogens (tertiary/aromatic N) is 1. The van der Waals surface area contributed by atoms with Crippen LogP contribution in [0, 0.1) is 0 Å². The largest absolute Gasteiger partial charge is 0.440 e. The molecule has 0 radical (unpaired) electrons. The van der Waals surface area contributed by atoms with E-state index in [1.807, 2.05) is 12.1 Å². The number of oxazole rings is 1. The minimum atomic E-state index is 0.641. The second-order valence-electron chi connectivity index (χ2n) is 3.01. The summed E-state index contributed by atoms with van der Waals surface area (Å²) in [7, 11) is 0. The summed E-state index contributed by atoms with van der Waals surface area (Å²) >= 11 is 10.7. The van der Waals surface area contributed by atoms with Crippen LogP contribution < -0.4 is 0 Å². The Kier molecular flexibility index (Phi) is 3.83. The number of aryl methyl sites for hydroxylation is 1. The lowest BCUT2D eigenvalue weighted by Gasteiger charge is -1.91. The summed E-state index contributed by atoms with van der Waals surface area (Å²) in [4.78, 5) is 5.29. The molecule has 2 rings (SSSR count). The third-order valence-corrected chi connectivity index (χ3v) is 3.80. The molecular weight excluding hydrogens is 298 g/mol. The van der Waals surface area contributed by atoms with E-state index in [4.69, 9.17) is 16.0 Å². The molecule has 0 bridgehead atoms. The molecule has 2 heterocycles. The van der Waals surface area contributed by atoms with Gasteiger partial charge < -0.3 is 4.42 Å². The van der Waals surface area contributed by atoms with Crippen LogP contribution in [0.4, 0.5) is 0 Å². The standard InChI is InChI=1S/C10H9BrClNOS/c11-9-4-3-8(15-9)7-6-13-10(14-7)2-1-5-12/h3-4,6H,1-2,5H2. The Morgan fingerprint density at radius 1 is 1.47 bits per heavy atom. The van der Waals surface area contributed by atoms with Gasteiger partial charge in [0.05, 0.1) is 14.9 Å². The van der Waals surface area contributed by atoms with Crippen molar-refractivity contribution in [3.8, 4) is 10.6 Å². The highest BCUT2D eigenvalue weighted by Crippen LogP contribution is 2.31. The molecule has 2 aromatic rings. The van der Waals surface area contributed by atoms with Gasteiger partial charge in [0.25, 0.3) is 0 Å². The molecule has 0 spiro atoms. The van der Waals surface area contributed by atoms with Crippen molar-refractivity contribution in [3.63, 3.8) is 0 Å². The van der Waals surface area contributed by atoms with Crippen molar-refractivity contribution in [2.75, 3.05) is 5.88 Å². The normalized spacial score (nSPS) is 10.8. The fourth-order valence-electron chi connectivity index (χ4n) is 1.20. The molecule has 0 amide bonds. The topological polar surface area (TPSA) is 26.0 Å². The van der Waals surface area contributed by atoms with E-state index in [1.54, 1.807) is 17.5 Å². The Labute approximate surface area is 105 Å². The number of hydrogen-bond acceptors (Lipinski definition) is 3. The zero-order valence-corrected chi connectivity index (χ0v) is 11.0. The van der Waals surface area contributed by atoms with Gasteiger partial charge in [-0.2, -0.15) is 0 Å². The van der Waals surface area contributed by atoms with Gasteiger partial charge >= 0.3 is 0 Å². The van der Waals surface area contributed by atoms with Crippen molar-refractivity contribution in [3.05, 3.63) is 28.0 Å². The fraction of sp³-hybridized carbons (Fsp3) is 0.300. The van der Waals surface area contributed by atoms with Crippen LogP contribution in [0.5, 0.6) is 0 Å². The first kappa shape index (κ1) is 11.2. The van der Waals surface area contributed by atoms with E-state index in [2.05, 4.69) is 20.9 Å². The van der Waals surface area contributed by atoms with Crippen LogP contribution >= 0.6 is 38.9 Å². The van der Waals surface area contributed by atoms with E-state index in [9.17, 15) is 0 Å². The first-order chi connectivity index (χ1) is 7.29. The zero-order chi connectivity index (χ0) is 10.7. The van der Waals surface area contributed by atoms with E-state index in [1.165, 1.54) is 0 Å². The molecule has 0 aromatic carbocycles. The molecular formula is C10H9BrClNOS. The van der Waals surface area contributed by atoms with Gasteiger partial charge in [-0.15, -0.1) is 22.9 Å². The van der Waals surface area contributed by atoms with Crippen LogP contribution in [0.2, 0.25) is 0 Å². The minimum Gasteiger partial charge on any atom is -0.440 e. The average molecular weight is 307 g/mol. The van der Waals surface area contributed by atoms with Gasteiger partial charge in [0, 0.05) is 12.3 Å². The van der Waals surface area contributed by atoms with Crippen molar-refractivity contribution >= 4 is 38.9 Å². The predicted molar refractivity (Wildman–Crippen MR) is 66.6 cm³/mol. The molecule has 0 fully saturated rings. The molecule has 0 aliphatic rings. The van der Waals surface area contributed by atoms with Crippen LogP contribution in [0.25, 0.3) is 10.6 Å². The molecule has 80 valence electrons. The Balaban J connectivity index is 2.13. The Hall–Kier alpha value is -0.320. The molecule has 15 heavy (non-hydrogen) atoms. The average Bonchev–Trinajstić information content (AvgIpc) is 2.83. The van der Waals surface area contributed by atoms with Crippen LogP contribution in [-0.2, 0) is 6.42 Å². The molecule has 0 N–H and O–H groups in total. The number of halogens is 2. The van der Waals surface area contributed by atoms with Crippen LogP contribution in [0.15, 0.2) is 26.5 Å². The Bertz CT molecular complexity index is 440. The highest BCUT2D eigenvalue weighted by molar-refractivity contribution is 9.11. The van der Waals surface area contributed by atoms with Gasteiger partial charge in [0.1, 0.15) is 0 Å². The van der Waals surface area contributed by atoms with E-state index < -0.39 is 0 Å². The number of thiophene rings is 1. The van der Waals surface area contributed by atoms with Crippen molar-refractivity contribution < 1.29 is 4.42 Å². The molecule has 0 aliphatic carbocycles. The Morgan fingerprint density at radius 2 is 2.33 bits per heavy atom. The van der Waals surface area contributed by atoms with E-state index in [-0.39, 0.29) is 0 Å². The molecule has 2 aromatic heterocycles. The summed E-state index contributed by atoms with van der Waals surface area (Å²) in [6.45, 7) is 0. The van der Waals surface area contributed by atoms with Crippen LogP contribution in [0.1, 0.15) is 12.3 Å². The molecule has 2 nitrogen and oxygen atoms in total. The molecule has 0 atom stereocenters. The van der Waals surface area contributed by atoms with Gasteiger partial charge in [-0.05, 0) is 34.5 Å². The number of hydrogen-bond donors (Lipinski definition) is 0. The molecule has 0 unspecified atom stereocenters. The summed E-state index contributed by atoms with van der Waals surface area (Å²) < 4.78 is 6.70. The fourth-order valence-corrected chi connectivity index (χ4v) is 2.67. The summed E-state index contributed by atoms with van der Waals surface area (Å²) in [5.74, 6) is 2.23. The van der Waals surface area contributed by atoms with Crippen molar-refractivity contribution in [1.29, 1.82) is 0 Å². The van der Waals surface area contributed by atoms with Gasteiger partial charge in [-0.25, -0.2) is 4.98 Å². The van der Waals surface area contributed by atoms with Crippen molar-refractivity contribution in [2.45, 2.75) is 12.8 Å². The molecule has 5 heteroatoms. The van der Waals surface area contributed by atoms with Crippen LogP contribution in [0.3, 0.4) is 0 Å². The first-order valence-electron chi connectivity index (χ1n) is 4.56. The van der Waals surface area contributed by atoms with Gasteiger partial charge in [-0.3, -0.25) is 0 Å². The summed E-state index contributed by atoms with van der Waals surface area (Å²) in [6, 6.07) is 4.02. The van der Waals surface area contributed by atoms with Crippen LogP contribution in [-0.4, -0.2) is 10.9 Å². The number of alkyl halides is 1. The van der Waals surface area contributed by atoms with Crippen molar-refractivity contribution in [1.82, 2.24) is 4.98 Å². The number of rotatable bonds is 4. The lowest BCUT2D eigenvalue weighted by Crippen LogP contribution is -1.84. The highest BCUT2D eigenvalue weighted by Gasteiger charge is 2.07. The maximum atomic E-state index is 5.60. The van der Waals surface area contributed by atoms with E-state index >= 15 is 0 Å². The minimum absolute atomic E-state index is 0.641. The second-order valence-corrected chi connectivity index (χ2v) is 5.86. The smallest absolute Gasteiger partial charge is 0.194 e. The van der Waals surface area contributed by atoms with Gasteiger partial charge in [0.15, 0.2) is 11.7 Å². The maximum absolute atomic E-state index is 5.60. The second kappa shape index (κ2) is 5.14. The quantitative estimate of drug-likeness (QED) is 0.786. The SMILES string of the molecule is ClCCCc1ncc(-c2ccc(Br)s2)o1. The summed E-state index contributed by atoms with van der Waals surface area (Å²) in [5.41, 5.74) is 0. The third-order valence-electron chi connectivity index (χ3n) is 1.89. The highest BCUT2D eigenvalue weighted by atomic mass is 79.9. The predicted octanol–water partition coefficient (Wildman–Crippen LogP) is 4.34. The maximum Gasteiger partial charge on any atom is 0.194 e. The summed E-state index contributed by atoms with van der Waals surface area (Å²) in [6.07, 6.45) is 3.47. The lowest BCUT2D eigenvalue weighted by molar-refractivity contribution is 0.504. The third kappa shape index (κ3) is 2.83. The number of aromatic nitrogens is 1. The first-order valence-corrected chi connectivity index (χ1v) is 6.70. The van der Waals surface area contributed by atoms with Gasteiger partial charge in [0.2, 0.25) is 0 Å². The van der Waals surface area contributed by atoms with Gasteiger partial charge in [-0.1, -0.05) is 0 Å².